The van der Waals surface area contributed by atoms with E-state index in [1.807, 2.05) is 40.7 Å². The van der Waals surface area contributed by atoms with Crippen LogP contribution in [0.4, 0.5) is 15.8 Å². The van der Waals surface area contributed by atoms with Gasteiger partial charge in [0.15, 0.2) is 5.78 Å². The van der Waals surface area contributed by atoms with Gasteiger partial charge >= 0.3 is 0 Å². The molecule has 7 nitrogen and oxygen atoms in total. The Hall–Kier alpha value is -4.42. The Morgan fingerprint density at radius 3 is 2.47 bits per heavy atom. The average Bonchev–Trinajstić information content (AvgIpc) is 2.93. The Morgan fingerprint density at radius 2 is 1.81 bits per heavy atom. The molecule has 0 bridgehead atoms. The molecule has 0 fully saturated rings. The normalized spacial score (nSPS) is 18.0. The van der Waals surface area contributed by atoms with Gasteiger partial charge in [0.2, 0.25) is 0 Å². The van der Waals surface area contributed by atoms with Crippen molar-refractivity contribution in [2.45, 2.75) is 64.0 Å². The molecule has 1 unspecified atom stereocenters. The lowest BCUT2D eigenvalue weighted by atomic mass is 9.68. The molecule has 0 spiro atoms. The molecular formula is C34H33FN4O3S. The summed E-state index contributed by atoms with van der Waals surface area (Å²) >= 11 is 1.58. The number of nitro benzene ring substituents is 1. The lowest BCUT2D eigenvalue weighted by Crippen LogP contribution is -2.42. The molecular weight excluding hydrogens is 563 g/mol. The molecule has 43 heavy (non-hydrogen) atoms. The van der Waals surface area contributed by atoms with Crippen LogP contribution in [0.25, 0.3) is 0 Å². The van der Waals surface area contributed by atoms with Crippen molar-refractivity contribution in [3.63, 3.8) is 0 Å². The van der Waals surface area contributed by atoms with Crippen molar-refractivity contribution < 1.29 is 14.1 Å². The number of aryl methyl sites for hydroxylation is 2. The molecule has 1 heterocycles. The summed E-state index contributed by atoms with van der Waals surface area (Å²) < 4.78 is 13.4. The van der Waals surface area contributed by atoms with Crippen LogP contribution in [0.3, 0.4) is 0 Å². The second-order valence-electron chi connectivity index (χ2n) is 12.1. The molecule has 1 atom stereocenters. The van der Waals surface area contributed by atoms with Crippen LogP contribution in [0.2, 0.25) is 0 Å². The maximum atomic E-state index is 14.1. The number of hydrogen-bond donors (Lipinski definition) is 1. The van der Waals surface area contributed by atoms with Gasteiger partial charge in [-0.1, -0.05) is 37.6 Å². The highest BCUT2D eigenvalue weighted by molar-refractivity contribution is 7.98. The molecule has 1 aliphatic carbocycles. The van der Waals surface area contributed by atoms with Gasteiger partial charge in [-0.2, -0.15) is 5.26 Å². The number of nitro groups is 1. The van der Waals surface area contributed by atoms with E-state index in [2.05, 4.69) is 12.1 Å². The van der Waals surface area contributed by atoms with E-state index >= 15 is 0 Å². The number of nitrogens with two attached hydrogens (primary N) is 1. The second kappa shape index (κ2) is 11.3. The number of carbonyl (C=O) groups excluding carboxylic acids is 1. The first-order valence-corrected chi connectivity index (χ1v) is 15.0. The Kier molecular flexibility index (Phi) is 7.93. The van der Waals surface area contributed by atoms with Crippen molar-refractivity contribution in [3.8, 4) is 6.07 Å². The van der Waals surface area contributed by atoms with Gasteiger partial charge in [0, 0.05) is 40.5 Å². The Balaban J connectivity index is 1.70. The maximum absolute atomic E-state index is 14.1. The first-order valence-electron chi connectivity index (χ1n) is 14.0. The lowest BCUT2D eigenvalue weighted by molar-refractivity contribution is -0.384. The maximum Gasteiger partial charge on any atom is 0.271 e. The first-order chi connectivity index (χ1) is 20.3. The monoisotopic (exact) mass is 596 g/mol. The topological polar surface area (TPSA) is 113 Å². The highest BCUT2D eigenvalue weighted by Crippen LogP contribution is 2.51. The van der Waals surface area contributed by atoms with Gasteiger partial charge in [0.1, 0.15) is 11.6 Å². The number of ketones is 1. The van der Waals surface area contributed by atoms with Gasteiger partial charge in [-0.15, -0.1) is 11.8 Å². The Bertz CT molecular complexity index is 1770. The van der Waals surface area contributed by atoms with Gasteiger partial charge in [0.25, 0.3) is 5.69 Å². The Morgan fingerprint density at radius 1 is 1.12 bits per heavy atom. The molecule has 5 rings (SSSR count). The summed E-state index contributed by atoms with van der Waals surface area (Å²) in [7, 11) is 0. The highest BCUT2D eigenvalue weighted by atomic mass is 32.2. The number of nitrogens with zero attached hydrogens (tertiary/aromatic N) is 3. The van der Waals surface area contributed by atoms with Crippen molar-refractivity contribution >= 4 is 28.9 Å². The van der Waals surface area contributed by atoms with Crippen molar-refractivity contribution in [3.05, 3.63) is 121 Å². The Labute approximate surface area is 255 Å². The van der Waals surface area contributed by atoms with E-state index in [0.29, 0.717) is 35.6 Å². The third-order valence-corrected chi connectivity index (χ3v) is 9.31. The van der Waals surface area contributed by atoms with Crippen LogP contribution in [-0.2, 0) is 10.5 Å². The van der Waals surface area contributed by atoms with E-state index < -0.39 is 10.8 Å². The molecule has 3 aromatic rings. The SMILES string of the molecule is Cc1cc(CSc2ccc(F)cc2)c(C)c(C2C(C#N)=C(N)N(c3cc([N+](=O)[O-])ccc3C)C3=C2C(=O)CC(C)(C)C3)c1. The fourth-order valence-electron chi connectivity index (χ4n) is 6.15. The van der Waals surface area contributed by atoms with E-state index in [-0.39, 0.29) is 34.1 Å². The largest absolute Gasteiger partial charge is 0.384 e. The summed E-state index contributed by atoms with van der Waals surface area (Å²) in [6.45, 7) is 9.84. The summed E-state index contributed by atoms with van der Waals surface area (Å²) in [5.74, 6) is -0.237. The molecule has 0 radical (unpaired) electrons. The summed E-state index contributed by atoms with van der Waals surface area (Å²) in [6, 6.07) is 17.3. The summed E-state index contributed by atoms with van der Waals surface area (Å²) in [5.41, 5.74) is 12.8. The molecule has 1 aliphatic heterocycles. The van der Waals surface area contributed by atoms with E-state index in [1.165, 1.54) is 24.3 Å². The summed E-state index contributed by atoms with van der Waals surface area (Å²) in [6.07, 6.45) is 0.811. The van der Waals surface area contributed by atoms with Gasteiger partial charge in [-0.3, -0.25) is 19.8 Å². The number of halogens is 1. The number of Topliss-reactive ketones (excluding diaryl/α,β-unsaturated/α-hetero) is 1. The predicted molar refractivity (Wildman–Crippen MR) is 167 cm³/mol. The van der Waals surface area contributed by atoms with Gasteiger partial charge < -0.3 is 5.73 Å². The number of rotatable bonds is 6. The number of benzene rings is 3. The fraction of sp³-hybridized carbons (Fsp3) is 0.294. The highest BCUT2D eigenvalue weighted by Gasteiger charge is 2.45. The minimum Gasteiger partial charge on any atom is -0.384 e. The summed E-state index contributed by atoms with van der Waals surface area (Å²) in [5, 5.41) is 22.3. The quantitative estimate of drug-likeness (QED) is 0.175. The molecule has 2 aliphatic rings. The van der Waals surface area contributed by atoms with Crippen LogP contribution in [0.1, 0.15) is 60.4 Å². The molecule has 220 valence electrons. The second-order valence-corrected chi connectivity index (χ2v) is 13.1. The minimum atomic E-state index is -0.673. The minimum absolute atomic E-state index is 0.0623. The van der Waals surface area contributed by atoms with Gasteiger partial charge in [-0.05, 0) is 79.1 Å². The number of anilines is 1. The van der Waals surface area contributed by atoms with E-state index in [9.17, 15) is 24.6 Å². The summed E-state index contributed by atoms with van der Waals surface area (Å²) in [4.78, 5) is 27.9. The molecule has 0 amide bonds. The average molecular weight is 597 g/mol. The third kappa shape index (κ3) is 5.67. The lowest BCUT2D eigenvalue weighted by Gasteiger charge is -2.44. The van der Waals surface area contributed by atoms with Gasteiger partial charge in [-0.25, -0.2) is 4.39 Å². The molecule has 0 saturated carbocycles. The predicted octanol–water partition coefficient (Wildman–Crippen LogP) is 7.89. The van der Waals surface area contributed by atoms with E-state index in [4.69, 9.17) is 5.73 Å². The molecule has 3 aromatic carbocycles. The molecule has 9 heteroatoms. The fourth-order valence-corrected chi connectivity index (χ4v) is 7.10. The smallest absolute Gasteiger partial charge is 0.271 e. The van der Waals surface area contributed by atoms with Crippen LogP contribution in [0.5, 0.6) is 0 Å². The third-order valence-electron chi connectivity index (χ3n) is 8.24. The molecule has 0 saturated heterocycles. The van der Waals surface area contributed by atoms with Crippen molar-refractivity contribution in [2.75, 3.05) is 4.90 Å². The van der Waals surface area contributed by atoms with Crippen LogP contribution in [0, 0.1) is 53.4 Å². The van der Waals surface area contributed by atoms with Gasteiger partial charge in [0.05, 0.1) is 28.2 Å². The zero-order chi connectivity index (χ0) is 31.2. The van der Waals surface area contributed by atoms with E-state index in [0.717, 1.165) is 32.7 Å². The van der Waals surface area contributed by atoms with Crippen molar-refractivity contribution in [1.29, 1.82) is 5.26 Å². The number of nitriles is 1. The van der Waals surface area contributed by atoms with Crippen LogP contribution in [0.15, 0.2) is 82.2 Å². The standard InChI is InChI=1S/C34H33FN4O3S/c1-19-12-22(18-43-25-10-7-23(35)8-11-25)21(3)26(13-19)31-27(17-36)33(37)38(28-14-24(39(41)42)9-6-20(28)2)29-15-34(4,5)16-30(40)32(29)31/h6-14,31H,15-16,18,37H2,1-5H3. The number of carbonyl (C=O) groups is 1. The zero-order valence-corrected chi connectivity index (χ0v) is 25.6. The van der Waals surface area contributed by atoms with Crippen molar-refractivity contribution in [2.24, 2.45) is 11.1 Å². The first kappa shape index (κ1) is 30.1. The molecule has 2 N–H and O–H groups in total. The van der Waals surface area contributed by atoms with Crippen molar-refractivity contribution in [1.82, 2.24) is 0 Å². The van der Waals surface area contributed by atoms with Crippen LogP contribution < -0.4 is 10.6 Å². The number of allylic oxidation sites excluding steroid dienone is 3. The zero-order valence-electron chi connectivity index (χ0n) is 24.8. The van der Waals surface area contributed by atoms with Crippen LogP contribution >= 0.6 is 11.8 Å². The number of hydrogen-bond acceptors (Lipinski definition) is 7. The van der Waals surface area contributed by atoms with E-state index in [1.54, 1.807) is 34.9 Å². The van der Waals surface area contributed by atoms with Crippen LogP contribution in [-0.4, -0.2) is 10.7 Å². The number of thioether (sulfide) groups is 1. The number of non-ortho nitro benzene ring substituents is 1. The molecule has 0 aromatic heterocycles.